The van der Waals surface area contributed by atoms with Gasteiger partial charge in [0.1, 0.15) is 24.3 Å². The molecular formula is C22H26N2O6. The Morgan fingerprint density at radius 1 is 1.20 bits per heavy atom. The molecule has 1 aliphatic heterocycles. The molecule has 1 fully saturated rings. The van der Waals surface area contributed by atoms with Gasteiger partial charge in [-0.05, 0) is 31.4 Å². The zero-order chi connectivity index (χ0) is 21.9. The van der Waals surface area contributed by atoms with E-state index in [4.69, 9.17) is 9.15 Å². The van der Waals surface area contributed by atoms with Gasteiger partial charge in [0.2, 0.25) is 0 Å². The van der Waals surface area contributed by atoms with Gasteiger partial charge in [-0.15, -0.1) is 0 Å². The summed E-state index contributed by atoms with van der Waals surface area (Å²) < 4.78 is 10.5. The van der Waals surface area contributed by atoms with Gasteiger partial charge in [-0.3, -0.25) is 14.5 Å². The number of carbonyl (C=O) groups excluding carboxylic acids is 3. The van der Waals surface area contributed by atoms with E-state index in [-0.39, 0.29) is 6.61 Å². The number of ether oxygens (including phenoxy) is 1. The summed E-state index contributed by atoms with van der Waals surface area (Å²) in [7, 11) is 0. The summed E-state index contributed by atoms with van der Waals surface area (Å²) in [4.78, 5) is 49.8. The predicted octanol–water partition coefficient (Wildman–Crippen LogP) is 2.90. The van der Waals surface area contributed by atoms with Crippen LogP contribution in [0.4, 0.5) is 4.79 Å². The molecule has 160 valence electrons. The van der Waals surface area contributed by atoms with Crippen molar-refractivity contribution in [2.24, 2.45) is 0 Å². The van der Waals surface area contributed by atoms with Crippen LogP contribution in [0.1, 0.15) is 51.2 Å². The van der Waals surface area contributed by atoms with Gasteiger partial charge in [-0.25, -0.2) is 9.59 Å². The third kappa shape index (κ3) is 4.37. The molecule has 3 rings (SSSR count). The number of hydrogen-bond acceptors (Lipinski definition) is 6. The number of hydrogen-bond donors (Lipinski definition) is 1. The van der Waals surface area contributed by atoms with Crippen molar-refractivity contribution < 1.29 is 23.5 Å². The maximum absolute atomic E-state index is 12.6. The number of benzene rings is 1. The normalized spacial score (nSPS) is 18.7. The third-order valence-corrected chi connectivity index (χ3v) is 5.35. The smallest absolute Gasteiger partial charge is 0.336 e. The highest BCUT2D eigenvalue weighted by atomic mass is 16.5. The summed E-state index contributed by atoms with van der Waals surface area (Å²) in [5.41, 5.74) is 0.405. The molecule has 0 unspecified atom stereocenters. The number of nitrogens with zero attached hydrogens (tertiary/aromatic N) is 1. The predicted molar refractivity (Wildman–Crippen MR) is 110 cm³/mol. The molecule has 30 heavy (non-hydrogen) atoms. The lowest BCUT2D eigenvalue weighted by Gasteiger charge is -2.21. The van der Waals surface area contributed by atoms with Crippen molar-refractivity contribution >= 4 is 28.9 Å². The number of amides is 3. The SMILES string of the molecule is CCCC[C@@]1(C)NC(=O)N(CC(=O)OCc2cc(=O)oc3cc(CC)ccc23)C1=O. The van der Waals surface area contributed by atoms with Crippen LogP contribution in [0.15, 0.2) is 33.5 Å². The average Bonchev–Trinajstić information content (AvgIpc) is 2.93. The molecule has 2 aromatic rings. The Balaban J connectivity index is 1.69. The fourth-order valence-electron chi connectivity index (χ4n) is 3.54. The largest absolute Gasteiger partial charge is 0.459 e. The Morgan fingerprint density at radius 3 is 2.67 bits per heavy atom. The van der Waals surface area contributed by atoms with E-state index in [1.807, 2.05) is 26.0 Å². The van der Waals surface area contributed by atoms with Crippen molar-refractivity contribution in [2.75, 3.05) is 6.54 Å². The van der Waals surface area contributed by atoms with Gasteiger partial charge in [0.15, 0.2) is 0 Å². The first-order valence-electron chi connectivity index (χ1n) is 10.1. The summed E-state index contributed by atoms with van der Waals surface area (Å²) in [5, 5.41) is 3.33. The minimum absolute atomic E-state index is 0.164. The molecule has 1 N–H and O–H groups in total. The van der Waals surface area contributed by atoms with Crippen LogP contribution in [0, 0.1) is 0 Å². The molecule has 0 aliphatic carbocycles. The highest BCUT2D eigenvalue weighted by Gasteiger charge is 2.47. The Bertz CT molecular complexity index is 1040. The summed E-state index contributed by atoms with van der Waals surface area (Å²) in [6.45, 7) is 5.01. The Kier molecular flexibility index (Phi) is 6.24. The second-order valence-electron chi connectivity index (χ2n) is 7.69. The molecule has 0 spiro atoms. The lowest BCUT2D eigenvalue weighted by molar-refractivity contribution is -0.148. The molecular weight excluding hydrogens is 388 g/mol. The summed E-state index contributed by atoms with van der Waals surface area (Å²) in [5.74, 6) is -1.17. The maximum Gasteiger partial charge on any atom is 0.336 e. The standard InChI is InChI=1S/C22H26N2O6/c1-4-6-9-22(3)20(27)24(21(28)23-22)12-19(26)29-13-15-11-18(25)30-17-10-14(5-2)7-8-16(15)17/h7-8,10-11H,4-6,9,12-13H2,1-3H3,(H,23,28)/t22-/m1/s1. The second-order valence-corrected chi connectivity index (χ2v) is 7.69. The molecule has 1 atom stereocenters. The van der Waals surface area contributed by atoms with Crippen LogP contribution < -0.4 is 10.9 Å². The second kappa shape index (κ2) is 8.69. The number of carbonyl (C=O) groups is 3. The quantitative estimate of drug-likeness (QED) is 0.404. The molecule has 1 aromatic heterocycles. The molecule has 1 aromatic carbocycles. The lowest BCUT2D eigenvalue weighted by atomic mass is 9.95. The van der Waals surface area contributed by atoms with Crippen molar-refractivity contribution in [3.05, 3.63) is 45.8 Å². The summed E-state index contributed by atoms with van der Waals surface area (Å²) >= 11 is 0. The van der Waals surface area contributed by atoms with Crippen molar-refractivity contribution in [1.29, 1.82) is 0 Å². The Hall–Kier alpha value is -3.16. The van der Waals surface area contributed by atoms with Crippen molar-refractivity contribution in [3.8, 4) is 0 Å². The third-order valence-electron chi connectivity index (χ3n) is 5.35. The van der Waals surface area contributed by atoms with Gasteiger partial charge in [0.25, 0.3) is 5.91 Å². The zero-order valence-corrected chi connectivity index (χ0v) is 17.4. The van der Waals surface area contributed by atoms with E-state index in [1.54, 1.807) is 13.0 Å². The Morgan fingerprint density at radius 2 is 1.97 bits per heavy atom. The summed E-state index contributed by atoms with van der Waals surface area (Å²) in [6, 6.07) is 6.19. The fourth-order valence-corrected chi connectivity index (χ4v) is 3.54. The Labute approximate surface area is 174 Å². The highest BCUT2D eigenvalue weighted by Crippen LogP contribution is 2.24. The maximum atomic E-state index is 12.6. The van der Waals surface area contributed by atoms with Crippen molar-refractivity contribution in [1.82, 2.24) is 10.2 Å². The molecule has 0 bridgehead atoms. The molecule has 2 heterocycles. The number of rotatable bonds is 8. The zero-order valence-electron chi connectivity index (χ0n) is 17.4. The van der Waals surface area contributed by atoms with Gasteiger partial charge in [0, 0.05) is 17.0 Å². The van der Waals surface area contributed by atoms with Gasteiger partial charge in [0.05, 0.1) is 0 Å². The monoisotopic (exact) mass is 414 g/mol. The molecule has 1 saturated heterocycles. The lowest BCUT2D eigenvalue weighted by Crippen LogP contribution is -2.44. The van der Waals surface area contributed by atoms with Crippen LogP contribution in [-0.4, -0.2) is 34.9 Å². The number of fused-ring (bicyclic) bond motifs is 1. The number of nitrogens with one attached hydrogen (secondary N) is 1. The van der Waals surface area contributed by atoms with Crippen LogP contribution in [0.5, 0.6) is 0 Å². The van der Waals surface area contributed by atoms with Crippen LogP contribution in [0.25, 0.3) is 11.0 Å². The van der Waals surface area contributed by atoms with Gasteiger partial charge in [-0.2, -0.15) is 0 Å². The number of imide groups is 1. The number of urea groups is 1. The van der Waals surface area contributed by atoms with E-state index in [2.05, 4.69) is 5.32 Å². The van der Waals surface area contributed by atoms with Crippen molar-refractivity contribution in [2.45, 2.75) is 58.6 Å². The van der Waals surface area contributed by atoms with Crippen LogP contribution in [-0.2, 0) is 27.4 Å². The van der Waals surface area contributed by atoms with Crippen molar-refractivity contribution in [3.63, 3.8) is 0 Å². The molecule has 0 saturated carbocycles. The van der Waals surface area contributed by atoms with Gasteiger partial charge in [-0.1, -0.05) is 38.8 Å². The van der Waals surface area contributed by atoms with E-state index in [9.17, 15) is 19.2 Å². The van der Waals surface area contributed by atoms with E-state index in [1.165, 1.54) is 6.07 Å². The average molecular weight is 414 g/mol. The van der Waals surface area contributed by atoms with Crippen LogP contribution >= 0.6 is 0 Å². The number of unbranched alkanes of at least 4 members (excludes halogenated alkanes) is 1. The molecule has 0 radical (unpaired) electrons. The van der Waals surface area contributed by atoms with E-state index in [0.29, 0.717) is 23.0 Å². The first kappa shape index (κ1) is 21.5. The first-order chi connectivity index (χ1) is 14.3. The number of aryl methyl sites for hydroxylation is 1. The van der Waals surface area contributed by atoms with Gasteiger partial charge >= 0.3 is 17.6 Å². The van der Waals surface area contributed by atoms with E-state index in [0.717, 1.165) is 29.7 Å². The minimum Gasteiger partial charge on any atom is -0.459 e. The molecule has 3 amide bonds. The topological polar surface area (TPSA) is 106 Å². The van der Waals surface area contributed by atoms with Crippen LogP contribution in [0.2, 0.25) is 0 Å². The minimum atomic E-state index is -1.00. The van der Waals surface area contributed by atoms with Gasteiger partial charge < -0.3 is 14.5 Å². The molecule has 8 heteroatoms. The summed E-state index contributed by atoms with van der Waals surface area (Å²) in [6.07, 6.45) is 2.97. The molecule has 8 nitrogen and oxygen atoms in total. The van der Waals surface area contributed by atoms with E-state index >= 15 is 0 Å². The molecule has 1 aliphatic rings. The fraction of sp³-hybridized carbons (Fsp3) is 0.455. The van der Waals surface area contributed by atoms with Crippen LogP contribution in [0.3, 0.4) is 0 Å². The first-order valence-corrected chi connectivity index (χ1v) is 10.1. The highest BCUT2D eigenvalue weighted by molar-refractivity contribution is 6.08. The number of esters is 1. The van der Waals surface area contributed by atoms with E-state index < -0.39 is 35.6 Å².